The lowest BCUT2D eigenvalue weighted by molar-refractivity contribution is -0.00700. The van der Waals surface area contributed by atoms with Crippen LogP contribution in [0.15, 0.2) is 81.5 Å². The molecule has 0 spiro atoms. The first kappa shape index (κ1) is 34.2. The van der Waals surface area contributed by atoms with Crippen molar-refractivity contribution in [2.24, 2.45) is 4.99 Å². The molecular formula is C35H41N3O6S. The topological polar surface area (TPSA) is 99.6 Å². The van der Waals surface area contributed by atoms with Gasteiger partial charge in [-0.1, -0.05) is 35.9 Å². The highest BCUT2D eigenvalue weighted by atomic mass is 32.2. The number of rotatable bonds is 19. The number of hydrogen-bond donors (Lipinski definition) is 2. The minimum absolute atomic E-state index is 0.0925. The van der Waals surface area contributed by atoms with Crippen LogP contribution in [0.1, 0.15) is 27.0 Å². The number of benzene rings is 3. The van der Waals surface area contributed by atoms with E-state index in [1.807, 2.05) is 48.5 Å². The molecule has 238 valence electrons. The smallest absolute Gasteiger partial charge is 0.252 e. The van der Waals surface area contributed by atoms with Gasteiger partial charge in [0.1, 0.15) is 5.71 Å². The molecule has 1 aliphatic rings. The van der Waals surface area contributed by atoms with Crippen molar-refractivity contribution in [2.45, 2.75) is 16.3 Å². The Labute approximate surface area is 270 Å². The van der Waals surface area contributed by atoms with Crippen LogP contribution in [0.3, 0.4) is 0 Å². The molecule has 0 aliphatic carbocycles. The highest BCUT2D eigenvalue weighted by Crippen LogP contribution is 2.33. The van der Waals surface area contributed by atoms with Crippen molar-refractivity contribution in [1.29, 1.82) is 0 Å². The van der Waals surface area contributed by atoms with Crippen LogP contribution in [0.2, 0.25) is 0 Å². The second-order valence-corrected chi connectivity index (χ2v) is 11.0. The van der Waals surface area contributed by atoms with Crippen LogP contribution in [0, 0.1) is 11.8 Å². The zero-order valence-electron chi connectivity index (χ0n) is 25.9. The molecule has 3 aromatic carbocycles. The summed E-state index contributed by atoms with van der Waals surface area (Å²) in [7, 11) is 3.29. The number of carbonyl (C=O) groups is 1. The zero-order valence-corrected chi connectivity index (χ0v) is 26.8. The van der Waals surface area contributed by atoms with E-state index in [0.29, 0.717) is 78.1 Å². The van der Waals surface area contributed by atoms with Crippen molar-refractivity contribution >= 4 is 29.1 Å². The maximum absolute atomic E-state index is 12.2. The van der Waals surface area contributed by atoms with E-state index in [4.69, 9.17) is 23.7 Å². The maximum Gasteiger partial charge on any atom is 0.252 e. The maximum atomic E-state index is 12.2. The Hall–Kier alpha value is -3.69. The van der Waals surface area contributed by atoms with Gasteiger partial charge in [0.05, 0.1) is 71.6 Å². The SMILES string of the molecule is CNC(=O)c1ccccc1Sc1ccc2c(c1)CN=C2C#Cc1ccc(NCCOCCOCCOCCOCCOC)cc1. The molecule has 1 heterocycles. The normalized spacial score (nSPS) is 11.8. The molecule has 45 heavy (non-hydrogen) atoms. The summed E-state index contributed by atoms with van der Waals surface area (Å²) in [6.07, 6.45) is 0. The Morgan fingerprint density at radius 2 is 1.49 bits per heavy atom. The summed E-state index contributed by atoms with van der Waals surface area (Å²) >= 11 is 1.58. The molecule has 2 N–H and O–H groups in total. The molecule has 10 heteroatoms. The lowest BCUT2D eigenvalue weighted by atomic mass is 10.1. The van der Waals surface area contributed by atoms with E-state index in [0.717, 1.165) is 37.9 Å². The summed E-state index contributed by atoms with van der Waals surface area (Å²) in [5.41, 5.74) is 5.59. The van der Waals surface area contributed by atoms with E-state index < -0.39 is 0 Å². The molecule has 1 amide bonds. The van der Waals surface area contributed by atoms with Crippen molar-refractivity contribution in [1.82, 2.24) is 5.32 Å². The third-order valence-corrected chi connectivity index (χ3v) is 7.72. The van der Waals surface area contributed by atoms with Gasteiger partial charge in [-0.05, 0) is 60.0 Å². The van der Waals surface area contributed by atoms with E-state index in [1.165, 1.54) is 0 Å². The molecule has 0 radical (unpaired) electrons. The predicted molar refractivity (Wildman–Crippen MR) is 178 cm³/mol. The quantitative estimate of drug-likeness (QED) is 0.146. The number of nitrogens with one attached hydrogen (secondary N) is 2. The van der Waals surface area contributed by atoms with Crippen molar-refractivity contribution in [3.8, 4) is 11.8 Å². The second kappa shape index (κ2) is 19.6. The van der Waals surface area contributed by atoms with Crippen molar-refractivity contribution < 1.29 is 28.5 Å². The average molecular weight is 632 g/mol. The third-order valence-electron chi connectivity index (χ3n) is 6.66. The van der Waals surface area contributed by atoms with E-state index >= 15 is 0 Å². The number of hydrogen-bond acceptors (Lipinski definition) is 9. The van der Waals surface area contributed by atoms with Crippen molar-refractivity contribution in [3.05, 3.63) is 89.0 Å². The van der Waals surface area contributed by atoms with E-state index in [9.17, 15) is 4.79 Å². The zero-order chi connectivity index (χ0) is 31.5. The van der Waals surface area contributed by atoms with E-state index in [2.05, 4.69) is 45.7 Å². The fraction of sp³-hybridized carbons (Fsp3) is 0.371. The molecular weight excluding hydrogens is 590 g/mol. The summed E-state index contributed by atoms with van der Waals surface area (Å²) in [6.45, 7) is 6.30. The van der Waals surface area contributed by atoms with E-state index in [-0.39, 0.29) is 5.91 Å². The molecule has 0 fully saturated rings. The van der Waals surface area contributed by atoms with Gasteiger partial charge in [-0.15, -0.1) is 0 Å². The third kappa shape index (κ3) is 11.6. The molecule has 0 bridgehead atoms. The fourth-order valence-electron chi connectivity index (χ4n) is 4.33. The number of ether oxygens (including phenoxy) is 5. The Morgan fingerprint density at radius 1 is 0.822 bits per heavy atom. The number of anilines is 1. The number of fused-ring (bicyclic) bond motifs is 1. The first-order chi connectivity index (χ1) is 22.2. The number of aliphatic imine (C=N–C) groups is 1. The van der Waals surface area contributed by atoms with Crippen molar-refractivity contribution in [2.75, 3.05) is 85.5 Å². The highest BCUT2D eigenvalue weighted by molar-refractivity contribution is 7.99. The Morgan fingerprint density at radius 3 is 2.18 bits per heavy atom. The molecule has 4 rings (SSSR count). The minimum Gasteiger partial charge on any atom is -0.383 e. The number of amides is 1. The number of nitrogens with zero attached hydrogens (tertiary/aromatic N) is 1. The molecule has 1 aliphatic heterocycles. The second-order valence-electron chi connectivity index (χ2n) is 9.86. The van der Waals surface area contributed by atoms with Crippen LogP contribution < -0.4 is 10.6 Å². The van der Waals surface area contributed by atoms with Crippen LogP contribution in [-0.2, 0) is 30.2 Å². The van der Waals surface area contributed by atoms with Gasteiger partial charge in [0.25, 0.3) is 5.91 Å². The lowest BCUT2D eigenvalue weighted by Gasteiger charge is -2.09. The van der Waals surface area contributed by atoms with Gasteiger partial charge in [-0.3, -0.25) is 9.79 Å². The molecule has 0 saturated heterocycles. The summed E-state index contributed by atoms with van der Waals surface area (Å²) < 4.78 is 26.8. The fourth-order valence-corrected chi connectivity index (χ4v) is 5.34. The average Bonchev–Trinajstić information content (AvgIpc) is 3.48. The van der Waals surface area contributed by atoms with Gasteiger partial charge < -0.3 is 34.3 Å². The predicted octanol–water partition coefficient (Wildman–Crippen LogP) is 4.68. The largest absolute Gasteiger partial charge is 0.383 e. The lowest BCUT2D eigenvalue weighted by Crippen LogP contribution is -2.18. The van der Waals surface area contributed by atoms with Crippen LogP contribution in [-0.4, -0.2) is 91.8 Å². The molecule has 3 aromatic rings. The van der Waals surface area contributed by atoms with Gasteiger partial charge in [-0.25, -0.2) is 0 Å². The molecule has 0 aromatic heterocycles. The van der Waals surface area contributed by atoms with Gasteiger partial charge in [0, 0.05) is 47.3 Å². The summed E-state index contributed by atoms with van der Waals surface area (Å²) in [6, 6.07) is 21.9. The monoisotopic (exact) mass is 631 g/mol. The molecule has 0 atom stereocenters. The summed E-state index contributed by atoms with van der Waals surface area (Å²) in [4.78, 5) is 18.9. The highest BCUT2D eigenvalue weighted by Gasteiger charge is 2.16. The minimum atomic E-state index is -0.0925. The number of methoxy groups -OCH3 is 1. The van der Waals surface area contributed by atoms with Gasteiger partial charge in [0.15, 0.2) is 0 Å². The Bertz CT molecular complexity index is 1450. The standard InChI is InChI=1S/C35H41N3O6S/c1-36-35(39)32-5-3-4-6-34(32)45-30-12-13-31-28(25-30)26-38-33(31)14-9-27-7-10-29(11-8-27)37-15-16-41-19-20-43-23-24-44-22-21-42-18-17-40-2/h3-8,10-13,25,37H,15-24,26H2,1-2H3,(H,36,39). The van der Waals surface area contributed by atoms with Crippen LogP contribution >= 0.6 is 11.8 Å². The Kier molecular flexibility index (Phi) is 14.9. The summed E-state index contributed by atoms with van der Waals surface area (Å²) in [5, 5.41) is 6.07. The van der Waals surface area contributed by atoms with Gasteiger partial charge >= 0.3 is 0 Å². The van der Waals surface area contributed by atoms with Gasteiger partial charge in [-0.2, -0.15) is 0 Å². The van der Waals surface area contributed by atoms with Crippen LogP contribution in [0.25, 0.3) is 0 Å². The molecule has 0 unspecified atom stereocenters. The van der Waals surface area contributed by atoms with E-state index in [1.54, 1.807) is 25.9 Å². The van der Waals surface area contributed by atoms with Crippen molar-refractivity contribution in [3.63, 3.8) is 0 Å². The van der Waals surface area contributed by atoms with Crippen LogP contribution in [0.5, 0.6) is 0 Å². The molecule has 9 nitrogen and oxygen atoms in total. The first-order valence-corrected chi connectivity index (χ1v) is 15.8. The number of carbonyl (C=O) groups excluding carboxylic acids is 1. The van der Waals surface area contributed by atoms with Crippen LogP contribution in [0.4, 0.5) is 5.69 Å². The Balaban J connectivity index is 1.12. The molecule has 0 saturated carbocycles. The van der Waals surface area contributed by atoms with Gasteiger partial charge in [0.2, 0.25) is 0 Å². The summed E-state index contributed by atoms with van der Waals surface area (Å²) in [5.74, 6) is 6.39. The first-order valence-electron chi connectivity index (χ1n) is 15.0.